The van der Waals surface area contributed by atoms with E-state index in [1.54, 1.807) is 13.2 Å². The number of hydrogen-bond donors (Lipinski definition) is 0. The fraction of sp³-hybridized carbons (Fsp3) is 0.417. The van der Waals surface area contributed by atoms with E-state index in [4.69, 9.17) is 13.9 Å². The van der Waals surface area contributed by atoms with Gasteiger partial charge in [-0.1, -0.05) is 19.3 Å². The molecule has 0 bridgehead atoms. The van der Waals surface area contributed by atoms with Crippen molar-refractivity contribution < 1.29 is 18.7 Å². The molecule has 0 atom stereocenters. The molecule has 158 valence electrons. The summed E-state index contributed by atoms with van der Waals surface area (Å²) in [5.41, 5.74) is 0.753. The van der Waals surface area contributed by atoms with Gasteiger partial charge in [-0.3, -0.25) is 4.79 Å². The molecule has 0 unspecified atom stereocenters. The minimum atomic E-state index is -0.426. The maximum Gasteiger partial charge on any atom is 0.344 e. The minimum absolute atomic E-state index is 0.0334. The summed E-state index contributed by atoms with van der Waals surface area (Å²) >= 11 is 0. The van der Waals surface area contributed by atoms with Gasteiger partial charge in [0.1, 0.15) is 17.1 Å². The van der Waals surface area contributed by atoms with Crippen molar-refractivity contribution in [3.05, 3.63) is 46.3 Å². The number of carbonyl (C=O) groups excluding carboxylic acids is 1. The van der Waals surface area contributed by atoms with Gasteiger partial charge in [-0.25, -0.2) is 4.79 Å². The number of likely N-dealkylation sites (N-methyl/N-ethyl adjacent to an activating group) is 1. The van der Waals surface area contributed by atoms with E-state index in [0.29, 0.717) is 34.1 Å². The lowest BCUT2D eigenvalue weighted by atomic mass is 9.94. The third-order valence-electron chi connectivity index (χ3n) is 6.15. The summed E-state index contributed by atoms with van der Waals surface area (Å²) in [6, 6.07) is 9.35. The molecule has 1 aliphatic carbocycles. The SMILES string of the molecule is COc1ccc2c(c1)c(=O)oc1c(C)c(OCC(=O)N(C)C3CCCCC3)ccc12. The van der Waals surface area contributed by atoms with Crippen LogP contribution in [0.5, 0.6) is 11.5 Å². The molecule has 30 heavy (non-hydrogen) atoms. The Bertz CT molecular complexity index is 1140. The molecule has 2 aromatic carbocycles. The molecule has 4 rings (SSSR count). The van der Waals surface area contributed by atoms with Crippen molar-refractivity contribution in [2.45, 2.75) is 45.1 Å². The summed E-state index contributed by atoms with van der Waals surface area (Å²) in [5.74, 6) is 1.11. The van der Waals surface area contributed by atoms with Crippen molar-refractivity contribution in [3.63, 3.8) is 0 Å². The molecule has 1 fully saturated rings. The molecule has 0 spiro atoms. The van der Waals surface area contributed by atoms with Crippen LogP contribution in [0.25, 0.3) is 21.7 Å². The van der Waals surface area contributed by atoms with E-state index in [2.05, 4.69) is 0 Å². The first kappa shape index (κ1) is 20.3. The first-order valence-corrected chi connectivity index (χ1v) is 10.4. The Morgan fingerprint density at radius 1 is 1.10 bits per heavy atom. The van der Waals surface area contributed by atoms with Crippen molar-refractivity contribution >= 4 is 27.6 Å². The zero-order valence-electron chi connectivity index (χ0n) is 17.7. The summed E-state index contributed by atoms with van der Waals surface area (Å²) in [6.45, 7) is 1.81. The number of amides is 1. The van der Waals surface area contributed by atoms with Crippen LogP contribution >= 0.6 is 0 Å². The van der Waals surface area contributed by atoms with Crippen molar-refractivity contribution in [1.29, 1.82) is 0 Å². The molecular weight excluding hydrogens is 382 g/mol. The van der Waals surface area contributed by atoms with Crippen LogP contribution in [0.15, 0.2) is 39.5 Å². The van der Waals surface area contributed by atoms with Crippen LogP contribution in [-0.2, 0) is 4.79 Å². The lowest BCUT2D eigenvalue weighted by Gasteiger charge is -2.31. The van der Waals surface area contributed by atoms with Gasteiger partial charge < -0.3 is 18.8 Å². The summed E-state index contributed by atoms with van der Waals surface area (Å²) < 4.78 is 16.7. The second-order valence-electron chi connectivity index (χ2n) is 7.95. The van der Waals surface area contributed by atoms with Gasteiger partial charge in [-0.05, 0) is 50.1 Å². The van der Waals surface area contributed by atoms with Gasteiger partial charge in [0.15, 0.2) is 6.61 Å². The quantitative estimate of drug-likeness (QED) is 0.460. The average molecular weight is 409 g/mol. The Kier molecular flexibility index (Phi) is 5.66. The largest absolute Gasteiger partial charge is 0.497 e. The fourth-order valence-corrected chi connectivity index (χ4v) is 4.29. The lowest BCUT2D eigenvalue weighted by molar-refractivity contribution is -0.134. The minimum Gasteiger partial charge on any atom is -0.497 e. The monoisotopic (exact) mass is 409 g/mol. The maximum absolute atomic E-state index is 12.6. The zero-order chi connectivity index (χ0) is 21.3. The van der Waals surface area contributed by atoms with Crippen molar-refractivity contribution in [2.24, 2.45) is 0 Å². The number of nitrogens with zero attached hydrogens (tertiary/aromatic N) is 1. The number of ether oxygens (including phenoxy) is 2. The average Bonchev–Trinajstić information content (AvgIpc) is 2.78. The van der Waals surface area contributed by atoms with Crippen molar-refractivity contribution in [3.8, 4) is 11.5 Å². The van der Waals surface area contributed by atoms with Crippen molar-refractivity contribution in [1.82, 2.24) is 4.90 Å². The molecule has 0 aliphatic heterocycles. The Morgan fingerprint density at radius 2 is 1.83 bits per heavy atom. The van der Waals surface area contributed by atoms with Crippen LogP contribution in [0, 0.1) is 6.92 Å². The summed E-state index contributed by atoms with van der Waals surface area (Å²) in [5, 5.41) is 2.09. The Balaban J connectivity index is 1.59. The summed E-state index contributed by atoms with van der Waals surface area (Å²) in [7, 11) is 3.42. The van der Waals surface area contributed by atoms with Gasteiger partial charge in [0.2, 0.25) is 0 Å². The van der Waals surface area contributed by atoms with Crippen LogP contribution in [0.1, 0.15) is 37.7 Å². The number of fused-ring (bicyclic) bond motifs is 3. The molecular formula is C24H27NO5. The normalized spacial score (nSPS) is 14.8. The number of benzene rings is 2. The number of rotatable bonds is 5. The highest BCUT2D eigenvalue weighted by Gasteiger charge is 2.22. The van der Waals surface area contributed by atoms with Crippen LogP contribution in [0.3, 0.4) is 0 Å². The molecule has 0 saturated heterocycles. The smallest absolute Gasteiger partial charge is 0.344 e. The lowest BCUT2D eigenvalue weighted by Crippen LogP contribution is -2.40. The summed E-state index contributed by atoms with van der Waals surface area (Å²) in [6.07, 6.45) is 5.70. The standard InChI is InChI=1S/C24H27NO5/c1-15-21(29-14-22(26)25(2)16-7-5-4-6-8-16)12-11-19-18-10-9-17(28-3)13-20(18)24(27)30-23(15)19/h9-13,16H,4-8,14H2,1-3H3. The first-order chi connectivity index (χ1) is 14.5. The van der Waals surface area contributed by atoms with E-state index in [0.717, 1.165) is 23.6 Å². The molecule has 1 aromatic heterocycles. The Hall–Kier alpha value is -3.02. The van der Waals surface area contributed by atoms with Gasteiger partial charge in [0, 0.05) is 29.4 Å². The van der Waals surface area contributed by atoms with E-state index in [9.17, 15) is 9.59 Å². The van der Waals surface area contributed by atoms with Gasteiger partial charge in [0.25, 0.3) is 5.91 Å². The van der Waals surface area contributed by atoms with Crippen LogP contribution < -0.4 is 15.1 Å². The highest BCUT2D eigenvalue weighted by molar-refractivity contribution is 6.06. The van der Waals surface area contributed by atoms with Gasteiger partial charge in [0.05, 0.1) is 12.5 Å². The molecule has 6 nitrogen and oxygen atoms in total. The topological polar surface area (TPSA) is 69.0 Å². The van der Waals surface area contributed by atoms with Gasteiger partial charge >= 0.3 is 5.63 Å². The van der Waals surface area contributed by atoms with E-state index in [-0.39, 0.29) is 12.5 Å². The molecule has 1 aliphatic rings. The predicted molar refractivity (Wildman–Crippen MR) is 116 cm³/mol. The van der Waals surface area contributed by atoms with Crippen LogP contribution in [0.2, 0.25) is 0 Å². The third-order valence-corrected chi connectivity index (χ3v) is 6.15. The van der Waals surface area contributed by atoms with Crippen molar-refractivity contribution in [2.75, 3.05) is 20.8 Å². The maximum atomic E-state index is 12.6. The third kappa shape index (κ3) is 3.74. The molecule has 0 N–H and O–H groups in total. The highest BCUT2D eigenvalue weighted by atomic mass is 16.5. The summed E-state index contributed by atoms with van der Waals surface area (Å²) in [4.78, 5) is 26.9. The molecule has 1 amide bonds. The molecule has 0 radical (unpaired) electrons. The van der Waals surface area contributed by atoms with Crippen LogP contribution in [0.4, 0.5) is 0 Å². The predicted octanol–water partition coefficient (Wildman–Crippen LogP) is 4.43. The van der Waals surface area contributed by atoms with Gasteiger partial charge in [-0.15, -0.1) is 0 Å². The molecule has 1 saturated carbocycles. The Labute approximate surface area is 175 Å². The number of methoxy groups -OCH3 is 1. The Morgan fingerprint density at radius 3 is 2.57 bits per heavy atom. The van der Waals surface area contributed by atoms with E-state index >= 15 is 0 Å². The van der Waals surface area contributed by atoms with Crippen LogP contribution in [-0.4, -0.2) is 37.6 Å². The fourth-order valence-electron chi connectivity index (χ4n) is 4.29. The zero-order valence-corrected chi connectivity index (χ0v) is 17.7. The van der Waals surface area contributed by atoms with E-state index < -0.39 is 5.63 Å². The number of aryl methyl sites for hydroxylation is 1. The van der Waals surface area contributed by atoms with E-state index in [1.165, 1.54) is 19.3 Å². The second-order valence-corrected chi connectivity index (χ2v) is 7.95. The number of hydrogen-bond acceptors (Lipinski definition) is 5. The molecule has 1 heterocycles. The first-order valence-electron chi connectivity index (χ1n) is 10.4. The molecule has 6 heteroatoms. The second kappa shape index (κ2) is 8.38. The van der Waals surface area contributed by atoms with E-state index in [1.807, 2.05) is 43.1 Å². The highest BCUT2D eigenvalue weighted by Crippen LogP contribution is 2.32. The molecule has 3 aromatic rings. The number of carbonyl (C=O) groups is 1. The van der Waals surface area contributed by atoms with Gasteiger partial charge in [-0.2, -0.15) is 0 Å².